The molecule has 0 aromatic carbocycles. The summed E-state index contributed by atoms with van der Waals surface area (Å²) in [5, 5.41) is 6.51. The summed E-state index contributed by atoms with van der Waals surface area (Å²) in [6.07, 6.45) is 2.78. The minimum atomic E-state index is -0.613. The Morgan fingerprint density at radius 1 is 1.61 bits per heavy atom. The SMILES string of the molecule is CN1CCC(NC(=O)c2ccon2)(C(N)=S)CC1. The summed E-state index contributed by atoms with van der Waals surface area (Å²) in [5.41, 5.74) is 5.43. The lowest BCUT2D eigenvalue weighted by atomic mass is 9.87. The Morgan fingerprint density at radius 2 is 2.28 bits per heavy atom. The van der Waals surface area contributed by atoms with Crippen molar-refractivity contribution < 1.29 is 9.32 Å². The summed E-state index contributed by atoms with van der Waals surface area (Å²) in [6, 6.07) is 1.51. The van der Waals surface area contributed by atoms with Crippen LogP contribution >= 0.6 is 12.2 Å². The molecule has 7 heteroatoms. The van der Waals surface area contributed by atoms with Gasteiger partial charge in [-0.2, -0.15) is 0 Å². The quantitative estimate of drug-likeness (QED) is 0.759. The predicted molar refractivity (Wildman–Crippen MR) is 70.2 cm³/mol. The first-order valence-corrected chi connectivity index (χ1v) is 6.16. The average molecular weight is 268 g/mol. The molecule has 0 aliphatic carbocycles. The fraction of sp³-hybridized carbons (Fsp3) is 0.545. The monoisotopic (exact) mass is 268 g/mol. The number of nitrogens with one attached hydrogen (secondary N) is 1. The molecule has 1 aromatic heterocycles. The maximum Gasteiger partial charge on any atom is 0.274 e. The van der Waals surface area contributed by atoms with Crippen LogP contribution < -0.4 is 11.1 Å². The Bertz CT molecular complexity index is 438. The van der Waals surface area contributed by atoms with E-state index in [1.165, 1.54) is 12.3 Å². The largest absolute Gasteiger partial charge is 0.391 e. The minimum Gasteiger partial charge on any atom is -0.391 e. The second kappa shape index (κ2) is 5.03. The van der Waals surface area contributed by atoms with Crippen LogP contribution in [0.4, 0.5) is 0 Å². The molecule has 1 aliphatic heterocycles. The third-order valence-electron chi connectivity index (χ3n) is 3.34. The van der Waals surface area contributed by atoms with Crippen LogP contribution in [0.3, 0.4) is 0 Å². The number of aromatic nitrogens is 1. The highest BCUT2D eigenvalue weighted by Gasteiger charge is 2.38. The number of amides is 1. The topological polar surface area (TPSA) is 84.4 Å². The molecule has 2 rings (SSSR count). The third-order valence-corrected chi connectivity index (χ3v) is 3.73. The van der Waals surface area contributed by atoms with E-state index in [1.54, 1.807) is 0 Å². The molecule has 0 saturated carbocycles. The van der Waals surface area contributed by atoms with Crippen LogP contribution in [0.1, 0.15) is 23.3 Å². The molecule has 1 amide bonds. The lowest BCUT2D eigenvalue weighted by molar-refractivity contribution is 0.0881. The molecule has 0 spiro atoms. The highest BCUT2D eigenvalue weighted by Crippen LogP contribution is 2.22. The molecule has 1 aliphatic rings. The Morgan fingerprint density at radius 3 is 2.78 bits per heavy atom. The van der Waals surface area contributed by atoms with Crippen LogP contribution in [-0.2, 0) is 0 Å². The van der Waals surface area contributed by atoms with Crippen LogP contribution in [0.5, 0.6) is 0 Å². The highest BCUT2D eigenvalue weighted by molar-refractivity contribution is 7.80. The van der Waals surface area contributed by atoms with Crippen molar-refractivity contribution in [3.8, 4) is 0 Å². The number of hydrogen-bond donors (Lipinski definition) is 2. The Balaban J connectivity index is 2.12. The molecular formula is C11H16N4O2S. The molecule has 1 aromatic rings. The number of nitrogens with zero attached hydrogens (tertiary/aromatic N) is 2. The van der Waals surface area contributed by atoms with Gasteiger partial charge in [0.15, 0.2) is 5.69 Å². The molecule has 0 bridgehead atoms. The van der Waals surface area contributed by atoms with Crippen molar-refractivity contribution in [2.75, 3.05) is 20.1 Å². The molecule has 0 radical (unpaired) electrons. The zero-order valence-electron chi connectivity index (χ0n) is 10.2. The van der Waals surface area contributed by atoms with Gasteiger partial charge in [-0.05, 0) is 19.9 Å². The van der Waals surface area contributed by atoms with Gasteiger partial charge in [-0.15, -0.1) is 0 Å². The van der Waals surface area contributed by atoms with Gasteiger partial charge in [-0.25, -0.2) is 0 Å². The number of likely N-dealkylation sites (tertiary alicyclic amines) is 1. The number of carbonyl (C=O) groups excluding carboxylic acids is 1. The smallest absolute Gasteiger partial charge is 0.274 e. The Kier molecular flexibility index (Phi) is 3.63. The van der Waals surface area contributed by atoms with E-state index in [9.17, 15) is 4.79 Å². The standard InChI is InChI=1S/C11H16N4O2S/c1-15-5-3-11(4-6-15,10(12)18)13-9(16)8-2-7-17-14-8/h2,7H,3-6H2,1H3,(H2,12,18)(H,13,16). The maximum atomic E-state index is 12.0. The summed E-state index contributed by atoms with van der Waals surface area (Å²) >= 11 is 5.11. The number of thiocarbonyl (C=S) groups is 1. The Hall–Kier alpha value is -1.47. The first-order valence-electron chi connectivity index (χ1n) is 5.75. The Labute approximate surface area is 110 Å². The van der Waals surface area contributed by atoms with E-state index < -0.39 is 5.54 Å². The second-order valence-corrected chi connectivity index (χ2v) is 5.03. The number of carbonyl (C=O) groups is 1. The van der Waals surface area contributed by atoms with Crippen molar-refractivity contribution in [3.63, 3.8) is 0 Å². The van der Waals surface area contributed by atoms with Crippen LogP contribution in [0, 0.1) is 0 Å². The summed E-state index contributed by atoms with van der Waals surface area (Å²) in [7, 11) is 2.03. The van der Waals surface area contributed by atoms with Gasteiger partial charge in [0.1, 0.15) is 6.26 Å². The molecule has 6 nitrogen and oxygen atoms in total. The van der Waals surface area contributed by atoms with Gasteiger partial charge >= 0.3 is 0 Å². The van der Waals surface area contributed by atoms with Crippen LogP contribution in [-0.4, -0.2) is 46.6 Å². The normalized spacial score (nSPS) is 19.4. The van der Waals surface area contributed by atoms with Gasteiger partial charge in [-0.1, -0.05) is 17.4 Å². The van der Waals surface area contributed by atoms with Gasteiger partial charge in [0.2, 0.25) is 0 Å². The molecule has 0 atom stereocenters. The number of piperidine rings is 1. The lowest BCUT2D eigenvalue weighted by Gasteiger charge is -2.40. The molecule has 1 fully saturated rings. The van der Waals surface area contributed by atoms with E-state index in [2.05, 4.69) is 19.9 Å². The van der Waals surface area contributed by atoms with Crippen LogP contribution in [0.15, 0.2) is 16.9 Å². The average Bonchev–Trinajstić information content (AvgIpc) is 2.85. The molecule has 18 heavy (non-hydrogen) atoms. The van der Waals surface area contributed by atoms with Crippen molar-refractivity contribution in [1.82, 2.24) is 15.4 Å². The van der Waals surface area contributed by atoms with E-state index >= 15 is 0 Å². The molecule has 2 heterocycles. The van der Waals surface area contributed by atoms with Gasteiger partial charge in [0.05, 0.1) is 10.5 Å². The van der Waals surface area contributed by atoms with E-state index in [0.717, 1.165) is 13.1 Å². The van der Waals surface area contributed by atoms with Crippen molar-refractivity contribution in [1.29, 1.82) is 0 Å². The van der Waals surface area contributed by atoms with Crippen molar-refractivity contribution in [2.24, 2.45) is 5.73 Å². The zero-order chi connectivity index (χ0) is 13.2. The molecule has 1 saturated heterocycles. The number of hydrogen-bond acceptors (Lipinski definition) is 5. The van der Waals surface area contributed by atoms with Gasteiger partial charge in [0, 0.05) is 19.2 Å². The summed E-state index contributed by atoms with van der Waals surface area (Å²) in [5.74, 6) is -0.305. The van der Waals surface area contributed by atoms with E-state index in [4.69, 9.17) is 18.0 Å². The fourth-order valence-electron chi connectivity index (χ4n) is 2.04. The molecule has 0 unspecified atom stereocenters. The van der Waals surface area contributed by atoms with Crippen LogP contribution in [0.2, 0.25) is 0 Å². The van der Waals surface area contributed by atoms with Crippen LogP contribution in [0.25, 0.3) is 0 Å². The first kappa shape index (κ1) is 13.0. The third kappa shape index (κ3) is 2.51. The summed E-state index contributed by atoms with van der Waals surface area (Å²) < 4.78 is 4.65. The van der Waals surface area contributed by atoms with Crippen molar-refractivity contribution in [2.45, 2.75) is 18.4 Å². The first-order chi connectivity index (χ1) is 8.53. The zero-order valence-corrected chi connectivity index (χ0v) is 11.0. The molecule has 3 N–H and O–H groups in total. The van der Waals surface area contributed by atoms with Gasteiger partial charge in [0.25, 0.3) is 5.91 Å². The van der Waals surface area contributed by atoms with Gasteiger partial charge < -0.3 is 20.5 Å². The number of rotatable bonds is 3. The molecule has 98 valence electrons. The summed E-state index contributed by atoms with van der Waals surface area (Å²) in [4.78, 5) is 14.5. The minimum absolute atomic E-state index is 0.240. The second-order valence-electron chi connectivity index (χ2n) is 4.59. The summed E-state index contributed by atoms with van der Waals surface area (Å²) in [6.45, 7) is 1.69. The van der Waals surface area contributed by atoms with Crippen molar-refractivity contribution >= 4 is 23.1 Å². The van der Waals surface area contributed by atoms with Gasteiger partial charge in [-0.3, -0.25) is 4.79 Å². The lowest BCUT2D eigenvalue weighted by Crippen LogP contribution is -2.61. The van der Waals surface area contributed by atoms with E-state index in [1.807, 2.05) is 7.05 Å². The molecular weight excluding hydrogens is 252 g/mol. The van der Waals surface area contributed by atoms with Crippen molar-refractivity contribution in [3.05, 3.63) is 18.0 Å². The highest BCUT2D eigenvalue weighted by atomic mass is 32.1. The fourth-order valence-corrected chi connectivity index (χ4v) is 2.30. The van der Waals surface area contributed by atoms with E-state index in [0.29, 0.717) is 17.8 Å². The number of nitrogens with two attached hydrogens (primary N) is 1. The maximum absolute atomic E-state index is 12.0. The van der Waals surface area contributed by atoms with E-state index in [-0.39, 0.29) is 11.6 Å². The predicted octanol–water partition coefficient (Wildman–Crippen LogP) is 0.155.